The van der Waals surface area contributed by atoms with E-state index in [1.165, 1.54) is 5.56 Å². The summed E-state index contributed by atoms with van der Waals surface area (Å²) < 4.78 is 7.43. The monoisotopic (exact) mass is 443 g/mol. The molecule has 33 heavy (non-hydrogen) atoms. The van der Waals surface area contributed by atoms with Crippen LogP contribution in [0.3, 0.4) is 0 Å². The van der Waals surface area contributed by atoms with E-state index in [1.807, 2.05) is 53.2 Å². The van der Waals surface area contributed by atoms with Crippen LogP contribution in [0.2, 0.25) is 0 Å². The molecule has 0 aliphatic rings. The van der Waals surface area contributed by atoms with Gasteiger partial charge in [-0.15, -0.1) is 10.2 Å². The second kappa shape index (κ2) is 9.81. The largest absolute Gasteiger partial charge is 0.420 e. The second-order valence-corrected chi connectivity index (χ2v) is 8.73. The predicted molar refractivity (Wildman–Crippen MR) is 127 cm³/mol. The minimum Gasteiger partial charge on any atom is -0.420 e. The summed E-state index contributed by atoms with van der Waals surface area (Å²) in [5, 5.41) is 15.8. The molecule has 1 amide bonds. The summed E-state index contributed by atoms with van der Waals surface area (Å²) in [5.74, 6) is 1.43. The Bertz CT molecular complexity index is 1230. The van der Waals surface area contributed by atoms with Crippen molar-refractivity contribution in [2.45, 2.75) is 40.0 Å². The van der Waals surface area contributed by atoms with Gasteiger partial charge in [-0.25, -0.2) is 4.68 Å². The Kier molecular flexibility index (Phi) is 6.68. The van der Waals surface area contributed by atoms with Crippen LogP contribution in [0, 0.1) is 12.8 Å². The van der Waals surface area contributed by atoms with Crippen molar-refractivity contribution in [2.24, 2.45) is 5.92 Å². The average molecular weight is 444 g/mol. The second-order valence-electron chi connectivity index (χ2n) is 8.73. The van der Waals surface area contributed by atoms with Gasteiger partial charge in [0.1, 0.15) is 5.69 Å². The zero-order valence-corrected chi connectivity index (χ0v) is 19.4. The van der Waals surface area contributed by atoms with E-state index in [1.54, 1.807) is 6.92 Å². The first-order valence-electron chi connectivity index (χ1n) is 11.2. The van der Waals surface area contributed by atoms with E-state index in [-0.39, 0.29) is 11.8 Å². The molecule has 0 bridgehead atoms. The van der Waals surface area contributed by atoms with Crippen molar-refractivity contribution in [1.29, 1.82) is 0 Å². The Hall–Kier alpha value is -3.74. The smallest absolute Gasteiger partial charge is 0.268 e. The molecule has 7 nitrogen and oxygen atoms in total. The van der Waals surface area contributed by atoms with Crippen molar-refractivity contribution in [3.63, 3.8) is 0 Å². The van der Waals surface area contributed by atoms with E-state index in [0.29, 0.717) is 35.5 Å². The van der Waals surface area contributed by atoms with Crippen LogP contribution in [0.25, 0.3) is 17.3 Å². The van der Waals surface area contributed by atoms with Crippen molar-refractivity contribution in [3.8, 4) is 17.3 Å². The number of nitrogens with zero attached hydrogens (tertiary/aromatic N) is 4. The molecule has 2 aromatic carbocycles. The molecule has 2 heterocycles. The van der Waals surface area contributed by atoms with Crippen LogP contribution < -0.4 is 5.32 Å². The predicted octanol–water partition coefficient (Wildman–Crippen LogP) is 4.96. The normalized spacial score (nSPS) is 12.2. The number of aryl methyl sites for hydroxylation is 1. The van der Waals surface area contributed by atoms with E-state index in [4.69, 9.17) is 9.52 Å². The van der Waals surface area contributed by atoms with E-state index in [2.05, 4.69) is 48.4 Å². The van der Waals surface area contributed by atoms with Gasteiger partial charge in [0.05, 0.1) is 5.69 Å². The Balaban J connectivity index is 1.56. The van der Waals surface area contributed by atoms with Gasteiger partial charge in [-0.3, -0.25) is 4.79 Å². The molecule has 0 spiro atoms. The van der Waals surface area contributed by atoms with Gasteiger partial charge in [0.15, 0.2) is 0 Å². The Morgan fingerprint density at radius 2 is 1.82 bits per heavy atom. The van der Waals surface area contributed by atoms with Gasteiger partial charge in [0.2, 0.25) is 5.89 Å². The van der Waals surface area contributed by atoms with Crippen molar-refractivity contribution in [1.82, 2.24) is 25.3 Å². The molecule has 0 radical (unpaired) electrons. The molecule has 170 valence electrons. The van der Waals surface area contributed by atoms with Crippen LogP contribution in [0.1, 0.15) is 54.2 Å². The number of hydrogen-bond acceptors (Lipinski definition) is 5. The molecule has 4 aromatic rings. The first kappa shape index (κ1) is 22.5. The third-order valence-electron chi connectivity index (χ3n) is 5.44. The number of benzene rings is 2. The standard InChI is InChI=1S/C26H29N5O2/c1-17(2)13-23-15-24(26-29-28-19(4)33-26)30-31(23)22-12-8-11-21(14-22)25(32)27-16-18(3)20-9-6-5-7-10-20/h5-12,14-15,17-18H,13,16H2,1-4H3,(H,27,32)/t18-/m1/s1. The topological polar surface area (TPSA) is 85.8 Å². The minimum absolute atomic E-state index is 0.107. The van der Waals surface area contributed by atoms with Gasteiger partial charge < -0.3 is 9.73 Å². The molecular weight excluding hydrogens is 414 g/mol. The lowest BCUT2D eigenvalue weighted by molar-refractivity contribution is 0.0951. The number of carbonyl (C=O) groups excluding carboxylic acids is 1. The zero-order chi connectivity index (χ0) is 23.4. The highest BCUT2D eigenvalue weighted by Crippen LogP contribution is 2.23. The summed E-state index contributed by atoms with van der Waals surface area (Å²) in [5.41, 5.74) is 4.25. The number of carbonyl (C=O) groups is 1. The third kappa shape index (κ3) is 5.37. The van der Waals surface area contributed by atoms with Crippen LogP contribution in [-0.2, 0) is 6.42 Å². The van der Waals surface area contributed by atoms with Gasteiger partial charge in [-0.2, -0.15) is 5.10 Å². The highest BCUT2D eigenvalue weighted by molar-refractivity contribution is 5.94. The molecule has 0 saturated heterocycles. The fraction of sp³-hybridized carbons (Fsp3) is 0.308. The average Bonchev–Trinajstić information content (AvgIpc) is 3.43. The van der Waals surface area contributed by atoms with Crippen molar-refractivity contribution in [3.05, 3.63) is 83.4 Å². The van der Waals surface area contributed by atoms with Crippen LogP contribution in [0.4, 0.5) is 0 Å². The lowest BCUT2D eigenvalue weighted by Crippen LogP contribution is -2.27. The molecule has 0 saturated carbocycles. The lowest BCUT2D eigenvalue weighted by atomic mass is 10.0. The maximum Gasteiger partial charge on any atom is 0.268 e. The quantitative estimate of drug-likeness (QED) is 0.416. The molecular formula is C26H29N5O2. The Morgan fingerprint density at radius 3 is 2.52 bits per heavy atom. The fourth-order valence-corrected chi connectivity index (χ4v) is 3.74. The van der Waals surface area contributed by atoms with E-state index in [0.717, 1.165) is 17.8 Å². The van der Waals surface area contributed by atoms with Gasteiger partial charge in [0, 0.05) is 24.7 Å². The number of nitrogens with one attached hydrogen (secondary N) is 1. The third-order valence-corrected chi connectivity index (χ3v) is 5.44. The molecule has 0 aliphatic heterocycles. The molecule has 7 heteroatoms. The minimum atomic E-state index is -0.107. The molecule has 0 fully saturated rings. The van der Waals surface area contributed by atoms with Gasteiger partial charge in [-0.1, -0.05) is 57.2 Å². The summed E-state index contributed by atoms with van der Waals surface area (Å²) in [4.78, 5) is 12.9. The fourth-order valence-electron chi connectivity index (χ4n) is 3.74. The van der Waals surface area contributed by atoms with Crippen LogP contribution in [0.5, 0.6) is 0 Å². The summed E-state index contributed by atoms with van der Waals surface area (Å²) in [6.45, 7) is 8.74. The number of hydrogen-bond donors (Lipinski definition) is 1. The molecule has 1 N–H and O–H groups in total. The van der Waals surface area contributed by atoms with Gasteiger partial charge >= 0.3 is 0 Å². The number of aromatic nitrogens is 4. The molecule has 0 aliphatic carbocycles. The highest BCUT2D eigenvalue weighted by atomic mass is 16.4. The number of rotatable bonds is 8. The maximum absolute atomic E-state index is 12.9. The molecule has 0 unspecified atom stereocenters. The SMILES string of the molecule is Cc1nnc(-c2cc(CC(C)C)n(-c3cccc(C(=O)NC[C@@H](C)c4ccccc4)c3)n2)o1. The van der Waals surface area contributed by atoms with Crippen LogP contribution in [0.15, 0.2) is 65.1 Å². The van der Waals surface area contributed by atoms with Crippen molar-refractivity contribution in [2.75, 3.05) is 6.54 Å². The molecule has 4 rings (SSSR count). The van der Waals surface area contributed by atoms with Gasteiger partial charge in [-0.05, 0) is 48.1 Å². The lowest BCUT2D eigenvalue weighted by Gasteiger charge is -2.14. The summed E-state index contributed by atoms with van der Waals surface area (Å²) in [6, 6.07) is 19.7. The van der Waals surface area contributed by atoms with E-state index in [9.17, 15) is 4.79 Å². The van der Waals surface area contributed by atoms with E-state index < -0.39 is 0 Å². The maximum atomic E-state index is 12.9. The van der Waals surface area contributed by atoms with Gasteiger partial charge in [0.25, 0.3) is 11.8 Å². The Morgan fingerprint density at radius 1 is 1.03 bits per heavy atom. The molecule has 2 aromatic heterocycles. The zero-order valence-electron chi connectivity index (χ0n) is 19.4. The van der Waals surface area contributed by atoms with Crippen molar-refractivity contribution >= 4 is 5.91 Å². The van der Waals surface area contributed by atoms with Crippen molar-refractivity contribution < 1.29 is 9.21 Å². The number of amides is 1. The Labute approximate surface area is 193 Å². The first-order valence-corrected chi connectivity index (χ1v) is 11.2. The summed E-state index contributed by atoms with van der Waals surface area (Å²) >= 11 is 0. The molecule has 1 atom stereocenters. The summed E-state index contributed by atoms with van der Waals surface area (Å²) in [7, 11) is 0. The first-order chi connectivity index (χ1) is 15.9. The van der Waals surface area contributed by atoms with Crippen LogP contribution >= 0.6 is 0 Å². The van der Waals surface area contributed by atoms with Crippen LogP contribution in [-0.4, -0.2) is 32.4 Å². The summed E-state index contributed by atoms with van der Waals surface area (Å²) in [6.07, 6.45) is 0.825. The highest BCUT2D eigenvalue weighted by Gasteiger charge is 2.17. The van der Waals surface area contributed by atoms with E-state index >= 15 is 0 Å².